The standard InChI is InChI=1S/C35H25N4/c1-2-10-23(11-3-1)37-30-16-6-7-17-31(30)39-34-20-27-25-13-4-5-15-29(25)38(24-12-9-19-36-22-24)33(27)21-28(34)26-14-8-18-32(37)35(26)39/h1-19,21-22,29,35H,20H2/q+1. The van der Waals surface area contributed by atoms with Crippen LogP contribution in [0.15, 0.2) is 161 Å². The molecule has 0 radical (unpaired) electrons. The molecule has 184 valence electrons. The fourth-order valence-electron chi connectivity index (χ4n) is 7.17. The van der Waals surface area contributed by atoms with Gasteiger partial charge in [-0.3, -0.25) is 4.98 Å². The van der Waals surface area contributed by atoms with Crippen LogP contribution in [0, 0.1) is 0 Å². The van der Waals surface area contributed by atoms with E-state index in [0.29, 0.717) is 0 Å². The highest BCUT2D eigenvalue weighted by Gasteiger charge is 2.52. The van der Waals surface area contributed by atoms with Crippen molar-refractivity contribution in [3.8, 4) is 0 Å². The third kappa shape index (κ3) is 2.78. The summed E-state index contributed by atoms with van der Waals surface area (Å²) in [5, 5.41) is 0. The number of rotatable bonds is 2. The van der Waals surface area contributed by atoms with Gasteiger partial charge in [0.05, 0.1) is 35.6 Å². The number of allylic oxidation sites excluding steroid dienone is 7. The first-order chi connectivity index (χ1) is 19.4. The lowest BCUT2D eigenvalue weighted by Crippen LogP contribution is -2.39. The number of para-hydroxylation sites is 3. The van der Waals surface area contributed by atoms with Crippen LogP contribution in [0.1, 0.15) is 6.42 Å². The van der Waals surface area contributed by atoms with E-state index < -0.39 is 0 Å². The minimum absolute atomic E-state index is 0.154. The molecule has 0 saturated heterocycles. The average Bonchev–Trinajstić information content (AvgIpc) is 3.50. The minimum Gasteiger partial charge on any atom is -0.329 e. The Morgan fingerprint density at radius 2 is 1.67 bits per heavy atom. The minimum atomic E-state index is 0.154. The first-order valence-corrected chi connectivity index (χ1v) is 13.6. The van der Waals surface area contributed by atoms with Gasteiger partial charge < -0.3 is 9.80 Å². The highest BCUT2D eigenvalue weighted by atomic mass is 15.3. The Balaban J connectivity index is 1.30. The summed E-state index contributed by atoms with van der Waals surface area (Å²) in [7, 11) is 0. The van der Waals surface area contributed by atoms with Crippen LogP contribution < -0.4 is 9.80 Å². The van der Waals surface area contributed by atoms with Crippen LogP contribution in [-0.2, 0) is 0 Å². The lowest BCUT2D eigenvalue weighted by molar-refractivity contribution is -0.461. The van der Waals surface area contributed by atoms with Crippen LogP contribution in [0.4, 0.5) is 22.7 Å². The second-order valence-corrected chi connectivity index (χ2v) is 10.6. The normalized spacial score (nSPS) is 23.4. The Labute approximate surface area is 227 Å². The first-order valence-electron chi connectivity index (χ1n) is 13.6. The van der Waals surface area contributed by atoms with Gasteiger partial charge in [0.15, 0.2) is 5.71 Å². The van der Waals surface area contributed by atoms with Gasteiger partial charge in [-0.1, -0.05) is 66.8 Å². The molecule has 0 saturated carbocycles. The average molecular weight is 502 g/mol. The molecule has 6 aliphatic rings. The van der Waals surface area contributed by atoms with Crippen LogP contribution in [0.25, 0.3) is 0 Å². The summed E-state index contributed by atoms with van der Waals surface area (Å²) >= 11 is 0. The van der Waals surface area contributed by atoms with Crippen LogP contribution in [-0.4, -0.2) is 27.4 Å². The summed E-state index contributed by atoms with van der Waals surface area (Å²) in [5.41, 5.74) is 14.3. The van der Waals surface area contributed by atoms with Gasteiger partial charge in [-0.15, -0.1) is 0 Å². The van der Waals surface area contributed by atoms with Gasteiger partial charge in [0.25, 0.3) is 0 Å². The van der Waals surface area contributed by atoms with Gasteiger partial charge in [0.2, 0.25) is 11.7 Å². The molecule has 0 bridgehead atoms. The summed E-state index contributed by atoms with van der Waals surface area (Å²) in [6, 6.07) is 24.2. The van der Waals surface area contributed by atoms with Crippen molar-refractivity contribution in [2.24, 2.45) is 0 Å². The number of nitrogens with zero attached hydrogens (tertiary/aromatic N) is 4. The number of fused-ring (bicyclic) bond motifs is 5. The maximum Gasteiger partial charge on any atom is 0.230 e. The number of hydrogen-bond acceptors (Lipinski definition) is 3. The van der Waals surface area contributed by atoms with Gasteiger partial charge in [0, 0.05) is 29.2 Å². The summed E-state index contributed by atoms with van der Waals surface area (Å²) < 4.78 is 2.61. The Kier molecular flexibility index (Phi) is 4.19. The van der Waals surface area contributed by atoms with E-state index >= 15 is 0 Å². The van der Waals surface area contributed by atoms with Crippen molar-refractivity contribution in [1.29, 1.82) is 0 Å². The lowest BCUT2D eigenvalue weighted by Gasteiger charge is -2.36. The van der Waals surface area contributed by atoms with Crippen molar-refractivity contribution < 1.29 is 4.58 Å². The van der Waals surface area contributed by atoms with Crippen molar-refractivity contribution in [2.75, 3.05) is 9.80 Å². The third-order valence-electron chi connectivity index (χ3n) is 8.69. The molecule has 2 aromatic carbocycles. The molecule has 39 heavy (non-hydrogen) atoms. The molecule has 4 nitrogen and oxygen atoms in total. The number of pyridine rings is 1. The number of aromatic nitrogens is 1. The predicted molar refractivity (Wildman–Crippen MR) is 156 cm³/mol. The summed E-state index contributed by atoms with van der Waals surface area (Å²) in [5.74, 6) is 0. The van der Waals surface area contributed by atoms with E-state index in [1.807, 2.05) is 18.5 Å². The van der Waals surface area contributed by atoms with E-state index in [4.69, 9.17) is 0 Å². The van der Waals surface area contributed by atoms with Crippen LogP contribution in [0.5, 0.6) is 0 Å². The van der Waals surface area contributed by atoms with Crippen LogP contribution >= 0.6 is 0 Å². The van der Waals surface area contributed by atoms with Crippen LogP contribution in [0.2, 0.25) is 0 Å². The van der Waals surface area contributed by atoms with E-state index in [0.717, 1.165) is 12.1 Å². The highest BCUT2D eigenvalue weighted by molar-refractivity contribution is 6.08. The molecular formula is C35H25N4+. The fraction of sp³-hybridized carbons (Fsp3) is 0.0857. The van der Waals surface area contributed by atoms with Crippen molar-refractivity contribution in [3.05, 3.63) is 161 Å². The highest BCUT2D eigenvalue weighted by Crippen LogP contribution is 2.53. The van der Waals surface area contributed by atoms with E-state index in [1.54, 1.807) is 0 Å². The molecule has 1 aromatic heterocycles. The predicted octanol–water partition coefficient (Wildman–Crippen LogP) is 7.05. The molecule has 0 amide bonds. The topological polar surface area (TPSA) is 22.4 Å². The quantitative estimate of drug-likeness (QED) is 0.351. The van der Waals surface area contributed by atoms with Crippen molar-refractivity contribution >= 4 is 28.5 Å². The molecule has 2 unspecified atom stereocenters. The van der Waals surface area contributed by atoms with Gasteiger partial charge in [0.1, 0.15) is 5.69 Å². The molecule has 3 aliphatic carbocycles. The Morgan fingerprint density at radius 3 is 2.56 bits per heavy atom. The zero-order valence-electron chi connectivity index (χ0n) is 21.3. The van der Waals surface area contributed by atoms with Crippen molar-refractivity contribution in [1.82, 2.24) is 4.98 Å². The number of benzene rings is 2. The van der Waals surface area contributed by atoms with Crippen molar-refractivity contribution in [2.45, 2.75) is 18.5 Å². The van der Waals surface area contributed by atoms with Crippen molar-refractivity contribution in [3.63, 3.8) is 0 Å². The largest absolute Gasteiger partial charge is 0.329 e. The second kappa shape index (κ2) is 7.78. The van der Waals surface area contributed by atoms with Gasteiger partial charge >= 0.3 is 0 Å². The molecule has 0 N–H and O–H groups in total. The summed E-state index contributed by atoms with van der Waals surface area (Å²) in [4.78, 5) is 9.37. The first kappa shape index (κ1) is 21.0. The van der Waals surface area contributed by atoms with E-state index in [2.05, 4.69) is 129 Å². The monoisotopic (exact) mass is 501 g/mol. The van der Waals surface area contributed by atoms with Gasteiger partial charge in [-0.05, 0) is 53.6 Å². The van der Waals surface area contributed by atoms with E-state index in [1.165, 1.54) is 56.5 Å². The van der Waals surface area contributed by atoms with Crippen LogP contribution in [0.3, 0.4) is 0 Å². The molecule has 3 aliphatic heterocycles. The Hall–Kier alpha value is -4.96. The molecule has 3 aromatic rings. The smallest absolute Gasteiger partial charge is 0.230 e. The molecule has 0 fully saturated rings. The Bertz CT molecular complexity index is 1830. The summed E-state index contributed by atoms with van der Waals surface area (Å²) in [6.45, 7) is 0. The number of anilines is 3. The second-order valence-electron chi connectivity index (χ2n) is 10.6. The zero-order valence-corrected chi connectivity index (χ0v) is 21.3. The van der Waals surface area contributed by atoms with Gasteiger partial charge in [-0.2, -0.15) is 4.58 Å². The molecule has 0 spiro atoms. The maximum absolute atomic E-state index is 4.46. The SMILES string of the molecule is C1=CC2=C3CC4=[N+]5c6ccccc6N(c6ccccc6)C6=CC=CC(=C4C=C3N(c3cccnc3)C2C=C1)C65. The number of hydrogen-bond donors (Lipinski definition) is 0. The molecule has 4 heterocycles. The zero-order chi connectivity index (χ0) is 25.5. The summed E-state index contributed by atoms with van der Waals surface area (Å²) in [6.07, 6.45) is 23.0. The molecule has 2 atom stereocenters. The lowest BCUT2D eigenvalue weighted by atomic mass is 9.87. The van der Waals surface area contributed by atoms with Gasteiger partial charge in [-0.25, -0.2) is 0 Å². The molecule has 9 rings (SSSR count). The Morgan fingerprint density at radius 1 is 0.821 bits per heavy atom. The van der Waals surface area contributed by atoms with E-state index in [-0.39, 0.29) is 12.1 Å². The molecule has 4 heteroatoms. The third-order valence-corrected chi connectivity index (χ3v) is 8.69. The van der Waals surface area contributed by atoms with E-state index in [9.17, 15) is 0 Å². The maximum atomic E-state index is 4.46. The fourth-order valence-corrected chi connectivity index (χ4v) is 7.17. The molecular weight excluding hydrogens is 476 g/mol.